The van der Waals surface area contributed by atoms with E-state index in [2.05, 4.69) is 33.0 Å². The van der Waals surface area contributed by atoms with Gasteiger partial charge in [0, 0.05) is 17.5 Å². The lowest BCUT2D eigenvalue weighted by Crippen LogP contribution is -2.57. The molecule has 0 atom stereocenters. The first kappa shape index (κ1) is 31.5. The molecule has 0 spiro atoms. The molecule has 202 valence electrons. The summed E-state index contributed by atoms with van der Waals surface area (Å²) >= 11 is 0. The Balaban J connectivity index is 1.76. The van der Waals surface area contributed by atoms with Crippen LogP contribution < -0.4 is 5.32 Å². The maximum atomic E-state index is 10.5. The molecule has 34 heavy (non-hydrogen) atoms. The highest BCUT2D eigenvalue weighted by Crippen LogP contribution is 2.35. The second kappa shape index (κ2) is 18.7. The number of hydrogen-bond acceptors (Lipinski definition) is 2. The fraction of sp³-hybridized carbons (Fsp3) is 0.968. The minimum absolute atomic E-state index is 0.304. The summed E-state index contributed by atoms with van der Waals surface area (Å²) in [6.45, 7) is 9.50. The van der Waals surface area contributed by atoms with Crippen molar-refractivity contribution in [1.82, 2.24) is 5.32 Å². The van der Waals surface area contributed by atoms with Crippen molar-refractivity contribution in [3.05, 3.63) is 0 Å². The van der Waals surface area contributed by atoms with Gasteiger partial charge >= 0.3 is 5.97 Å². The number of carboxylic acid groups (broad SMARTS) is 1. The summed E-state index contributed by atoms with van der Waals surface area (Å²) in [5.41, 5.74) is 0.609. The van der Waals surface area contributed by atoms with Gasteiger partial charge in [0.15, 0.2) is 0 Å². The Morgan fingerprint density at radius 3 is 1.21 bits per heavy atom. The summed E-state index contributed by atoms with van der Waals surface area (Å²) in [7, 11) is 0. The van der Waals surface area contributed by atoms with E-state index in [0.717, 1.165) is 18.8 Å². The molecular formula is C31H61NO2. The van der Waals surface area contributed by atoms with E-state index in [1.807, 2.05) is 0 Å². The number of rotatable bonds is 22. The Labute approximate surface area is 213 Å². The third kappa shape index (κ3) is 18.7. The second-order valence-electron chi connectivity index (χ2n) is 12.8. The predicted octanol–water partition coefficient (Wildman–Crippen LogP) is 9.82. The van der Waals surface area contributed by atoms with Gasteiger partial charge in [-0.1, -0.05) is 122 Å². The highest BCUT2D eigenvalue weighted by atomic mass is 16.4. The second-order valence-corrected chi connectivity index (χ2v) is 12.8. The monoisotopic (exact) mass is 479 g/mol. The molecule has 0 bridgehead atoms. The highest BCUT2D eigenvalue weighted by Gasteiger charge is 2.36. The van der Waals surface area contributed by atoms with Crippen LogP contribution in [0.2, 0.25) is 0 Å². The predicted molar refractivity (Wildman–Crippen MR) is 149 cm³/mol. The number of carbonyl (C=O) groups is 1. The summed E-state index contributed by atoms with van der Waals surface area (Å²) in [6.07, 6.45) is 30.2. The average molecular weight is 480 g/mol. The van der Waals surface area contributed by atoms with Gasteiger partial charge in [-0.3, -0.25) is 4.79 Å². The van der Waals surface area contributed by atoms with Crippen LogP contribution in [-0.2, 0) is 4.79 Å². The number of aliphatic carboxylic acids is 1. The first-order valence-corrected chi connectivity index (χ1v) is 15.2. The smallest absolute Gasteiger partial charge is 0.303 e. The van der Waals surface area contributed by atoms with E-state index < -0.39 is 5.97 Å². The highest BCUT2D eigenvalue weighted by molar-refractivity contribution is 5.66. The third-order valence-electron chi connectivity index (χ3n) is 7.78. The summed E-state index contributed by atoms with van der Waals surface area (Å²) in [4.78, 5) is 10.5. The Morgan fingerprint density at radius 1 is 0.588 bits per heavy atom. The molecule has 0 saturated carbocycles. The molecule has 0 aromatic carbocycles. The molecule has 3 nitrogen and oxygen atoms in total. The number of nitrogens with one attached hydrogen (secondary N) is 1. The number of unbranched alkanes of at least 4 members (excludes halogenated alkanes) is 18. The normalized spacial score (nSPS) is 17.8. The van der Waals surface area contributed by atoms with Crippen LogP contribution in [0.15, 0.2) is 0 Å². The van der Waals surface area contributed by atoms with Gasteiger partial charge < -0.3 is 10.4 Å². The zero-order valence-electron chi connectivity index (χ0n) is 23.7. The molecule has 1 fully saturated rings. The van der Waals surface area contributed by atoms with Gasteiger partial charge in [-0.15, -0.1) is 0 Å². The lowest BCUT2D eigenvalue weighted by molar-refractivity contribution is -0.137. The number of hydrogen-bond donors (Lipinski definition) is 2. The quantitative estimate of drug-likeness (QED) is 0.152. The summed E-state index contributed by atoms with van der Waals surface area (Å²) in [5.74, 6) is 0.260. The van der Waals surface area contributed by atoms with Crippen LogP contribution in [0.3, 0.4) is 0 Å². The fourth-order valence-electron chi connectivity index (χ4n) is 6.45. The van der Waals surface area contributed by atoms with Crippen LogP contribution in [0.25, 0.3) is 0 Å². The van der Waals surface area contributed by atoms with Gasteiger partial charge in [0.1, 0.15) is 0 Å². The molecule has 0 unspecified atom stereocenters. The molecule has 0 radical (unpaired) electrons. The van der Waals surface area contributed by atoms with E-state index in [1.54, 1.807) is 0 Å². The van der Waals surface area contributed by atoms with Crippen molar-refractivity contribution in [1.29, 1.82) is 0 Å². The largest absolute Gasteiger partial charge is 0.481 e. The van der Waals surface area contributed by atoms with E-state index in [0.29, 0.717) is 17.5 Å². The molecule has 0 aromatic rings. The van der Waals surface area contributed by atoms with E-state index in [4.69, 9.17) is 5.11 Å². The first-order chi connectivity index (χ1) is 16.2. The van der Waals surface area contributed by atoms with Crippen LogP contribution in [0.1, 0.15) is 175 Å². The minimum atomic E-state index is -0.651. The molecule has 0 aromatic heterocycles. The Morgan fingerprint density at radius 2 is 0.882 bits per heavy atom. The van der Waals surface area contributed by atoms with Gasteiger partial charge in [-0.2, -0.15) is 0 Å². The van der Waals surface area contributed by atoms with Gasteiger partial charge in [-0.25, -0.2) is 0 Å². The van der Waals surface area contributed by atoms with Gasteiger partial charge in [-0.05, 0) is 52.9 Å². The number of piperidine rings is 1. The molecule has 1 aliphatic heterocycles. The fourth-order valence-corrected chi connectivity index (χ4v) is 6.45. The maximum Gasteiger partial charge on any atom is 0.303 e. The zero-order chi connectivity index (χ0) is 25.1. The van der Waals surface area contributed by atoms with Crippen LogP contribution in [-0.4, -0.2) is 22.2 Å². The topological polar surface area (TPSA) is 49.3 Å². The van der Waals surface area contributed by atoms with Crippen LogP contribution >= 0.6 is 0 Å². The SMILES string of the molecule is CC1(C)CC(CCCCCCCCCCCCCCCCCCCCCC(=O)O)CC(C)(C)N1. The standard InChI is InChI=1S/C31H61NO2/c1-30(2)26-28(27-31(3,4)32-30)24-22-20-18-16-14-12-10-8-6-5-7-9-11-13-15-17-19-21-23-25-29(33)34/h28,32H,5-27H2,1-4H3,(H,33,34). The van der Waals surface area contributed by atoms with Crippen molar-refractivity contribution in [2.45, 2.75) is 186 Å². The first-order valence-electron chi connectivity index (χ1n) is 15.2. The van der Waals surface area contributed by atoms with Crippen molar-refractivity contribution in [2.24, 2.45) is 5.92 Å². The third-order valence-corrected chi connectivity index (χ3v) is 7.78. The molecule has 1 rings (SSSR count). The van der Waals surface area contributed by atoms with E-state index in [9.17, 15) is 4.79 Å². The maximum absolute atomic E-state index is 10.5. The van der Waals surface area contributed by atoms with Crippen molar-refractivity contribution < 1.29 is 9.90 Å². The van der Waals surface area contributed by atoms with Crippen molar-refractivity contribution >= 4 is 5.97 Å². The summed E-state index contributed by atoms with van der Waals surface area (Å²) in [6, 6.07) is 0. The van der Waals surface area contributed by atoms with E-state index >= 15 is 0 Å². The molecular weight excluding hydrogens is 418 g/mol. The van der Waals surface area contributed by atoms with Crippen molar-refractivity contribution in [3.8, 4) is 0 Å². The van der Waals surface area contributed by atoms with E-state index in [1.165, 1.54) is 128 Å². The molecule has 1 heterocycles. The van der Waals surface area contributed by atoms with Crippen molar-refractivity contribution in [3.63, 3.8) is 0 Å². The molecule has 0 amide bonds. The molecule has 1 saturated heterocycles. The van der Waals surface area contributed by atoms with Gasteiger partial charge in [0.05, 0.1) is 0 Å². The minimum Gasteiger partial charge on any atom is -0.481 e. The van der Waals surface area contributed by atoms with Gasteiger partial charge in [0.2, 0.25) is 0 Å². The van der Waals surface area contributed by atoms with Gasteiger partial charge in [0.25, 0.3) is 0 Å². The van der Waals surface area contributed by atoms with Crippen LogP contribution in [0.4, 0.5) is 0 Å². The summed E-state index contributed by atoms with van der Waals surface area (Å²) < 4.78 is 0. The Kier molecular flexibility index (Phi) is 17.3. The Bertz CT molecular complexity index is 484. The molecule has 2 N–H and O–H groups in total. The molecule has 0 aliphatic carbocycles. The number of carboxylic acids is 1. The average Bonchev–Trinajstić information content (AvgIpc) is 2.72. The van der Waals surface area contributed by atoms with Crippen LogP contribution in [0, 0.1) is 5.92 Å². The Hall–Kier alpha value is -0.570. The van der Waals surface area contributed by atoms with E-state index in [-0.39, 0.29) is 0 Å². The molecule has 3 heteroatoms. The summed E-state index contributed by atoms with van der Waals surface area (Å²) in [5, 5.41) is 12.4. The van der Waals surface area contributed by atoms with Crippen LogP contribution in [0.5, 0.6) is 0 Å². The zero-order valence-corrected chi connectivity index (χ0v) is 23.7. The lowest BCUT2D eigenvalue weighted by Gasteiger charge is -2.46. The van der Waals surface area contributed by atoms with Crippen molar-refractivity contribution in [2.75, 3.05) is 0 Å². The molecule has 1 aliphatic rings. The lowest BCUT2D eigenvalue weighted by atomic mass is 9.74.